The van der Waals surface area contributed by atoms with Crippen LogP contribution in [0.5, 0.6) is 0 Å². The van der Waals surface area contributed by atoms with Crippen molar-refractivity contribution < 1.29 is 9.18 Å². The molecule has 0 bridgehead atoms. The molecule has 1 atom stereocenters. The number of benzene rings is 1. The maximum atomic E-state index is 13.2. The lowest BCUT2D eigenvalue weighted by Crippen LogP contribution is -2.39. The Kier molecular flexibility index (Phi) is 6.62. The van der Waals surface area contributed by atoms with E-state index in [1.165, 1.54) is 12.1 Å². The van der Waals surface area contributed by atoms with Crippen LogP contribution in [-0.4, -0.2) is 30.0 Å². The van der Waals surface area contributed by atoms with Gasteiger partial charge in [-0.05, 0) is 30.7 Å². The van der Waals surface area contributed by atoms with E-state index in [2.05, 4.69) is 10.6 Å². The number of carbonyl (C=O) groups is 1. The first kappa shape index (κ1) is 16.3. The molecule has 1 saturated heterocycles. The Morgan fingerprint density at radius 3 is 2.95 bits per heavy atom. The van der Waals surface area contributed by atoms with Gasteiger partial charge in [-0.25, -0.2) is 4.39 Å². The molecule has 0 saturated carbocycles. The number of anilines is 1. The summed E-state index contributed by atoms with van der Waals surface area (Å²) in [6.45, 7) is 2.75. The van der Waals surface area contributed by atoms with E-state index in [0.717, 1.165) is 23.6 Å². The van der Waals surface area contributed by atoms with Crippen LogP contribution < -0.4 is 10.6 Å². The van der Waals surface area contributed by atoms with Crippen LogP contribution in [0.3, 0.4) is 0 Å². The molecule has 0 aromatic heterocycles. The van der Waals surface area contributed by atoms with Crippen molar-refractivity contribution in [1.82, 2.24) is 5.32 Å². The van der Waals surface area contributed by atoms with E-state index in [1.54, 1.807) is 13.0 Å². The second-order valence-electron chi connectivity index (χ2n) is 4.50. The summed E-state index contributed by atoms with van der Waals surface area (Å²) in [5, 5.41) is 6.05. The van der Waals surface area contributed by atoms with Crippen LogP contribution >= 0.6 is 24.2 Å². The van der Waals surface area contributed by atoms with E-state index in [4.69, 9.17) is 0 Å². The summed E-state index contributed by atoms with van der Waals surface area (Å²) in [4.78, 5) is 11.8. The molecule has 1 fully saturated rings. The summed E-state index contributed by atoms with van der Waals surface area (Å²) in [6, 6.07) is 4.77. The molecule has 1 heterocycles. The zero-order chi connectivity index (χ0) is 13.0. The van der Waals surface area contributed by atoms with Gasteiger partial charge in [0.2, 0.25) is 5.91 Å². The Morgan fingerprint density at radius 1 is 1.53 bits per heavy atom. The van der Waals surface area contributed by atoms with Crippen molar-refractivity contribution in [3.8, 4) is 0 Å². The first-order chi connectivity index (χ1) is 8.63. The van der Waals surface area contributed by atoms with Crippen molar-refractivity contribution >= 4 is 35.8 Å². The average molecular weight is 305 g/mol. The fourth-order valence-electron chi connectivity index (χ4n) is 2.00. The molecule has 2 N–H and O–H groups in total. The highest BCUT2D eigenvalue weighted by Gasteiger charge is 2.16. The lowest BCUT2D eigenvalue weighted by atomic mass is 10.2. The predicted molar refractivity (Wildman–Crippen MR) is 80.7 cm³/mol. The van der Waals surface area contributed by atoms with Crippen molar-refractivity contribution in [1.29, 1.82) is 0 Å². The minimum absolute atomic E-state index is 0. The Labute approximate surface area is 123 Å². The third-order valence-corrected chi connectivity index (χ3v) is 3.89. The largest absolute Gasteiger partial charge is 0.326 e. The number of hydrogen-bond donors (Lipinski definition) is 2. The Morgan fingerprint density at radius 2 is 2.32 bits per heavy atom. The lowest BCUT2D eigenvalue weighted by Gasteiger charge is -2.22. The highest BCUT2D eigenvalue weighted by Crippen LogP contribution is 2.15. The molecule has 0 radical (unpaired) electrons. The molecule has 2 rings (SSSR count). The van der Waals surface area contributed by atoms with Gasteiger partial charge >= 0.3 is 0 Å². The fraction of sp³-hybridized carbons (Fsp3) is 0.462. The second kappa shape index (κ2) is 7.72. The SMILES string of the molecule is Cc1cc(F)cc(NC(=O)CC2CSCCN2)c1.Cl. The van der Waals surface area contributed by atoms with Crippen LogP contribution in [0.2, 0.25) is 0 Å². The van der Waals surface area contributed by atoms with Crippen LogP contribution in [0.15, 0.2) is 18.2 Å². The molecule has 1 aromatic rings. The summed E-state index contributed by atoms with van der Waals surface area (Å²) < 4.78 is 13.2. The molecule has 3 nitrogen and oxygen atoms in total. The molecular weight excluding hydrogens is 287 g/mol. The Hall–Kier alpha value is -0.780. The molecule has 19 heavy (non-hydrogen) atoms. The lowest BCUT2D eigenvalue weighted by molar-refractivity contribution is -0.116. The first-order valence-electron chi connectivity index (χ1n) is 6.01. The smallest absolute Gasteiger partial charge is 0.225 e. The van der Waals surface area contributed by atoms with Crippen LogP contribution in [0.25, 0.3) is 0 Å². The van der Waals surface area contributed by atoms with Gasteiger partial charge in [0.25, 0.3) is 0 Å². The molecular formula is C13H18ClFN2OS. The number of amides is 1. The van der Waals surface area contributed by atoms with Gasteiger partial charge < -0.3 is 10.6 Å². The van der Waals surface area contributed by atoms with Crippen molar-refractivity contribution in [3.05, 3.63) is 29.6 Å². The summed E-state index contributed by atoms with van der Waals surface area (Å²) in [7, 11) is 0. The Bertz CT molecular complexity index is 418. The van der Waals surface area contributed by atoms with E-state index >= 15 is 0 Å². The number of carbonyl (C=O) groups excluding carboxylic acids is 1. The molecule has 1 aliphatic heterocycles. The first-order valence-corrected chi connectivity index (χ1v) is 7.17. The zero-order valence-electron chi connectivity index (χ0n) is 10.7. The predicted octanol–water partition coefficient (Wildman–Crippen LogP) is 2.59. The van der Waals surface area contributed by atoms with Crippen molar-refractivity contribution in [3.63, 3.8) is 0 Å². The van der Waals surface area contributed by atoms with E-state index in [9.17, 15) is 9.18 Å². The molecule has 0 aliphatic carbocycles. The van der Waals surface area contributed by atoms with Crippen molar-refractivity contribution in [2.45, 2.75) is 19.4 Å². The monoisotopic (exact) mass is 304 g/mol. The number of thioether (sulfide) groups is 1. The van der Waals surface area contributed by atoms with Gasteiger partial charge in [-0.1, -0.05) is 0 Å². The topological polar surface area (TPSA) is 41.1 Å². The molecule has 1 unspecified atom stereocenters. The van der Waals surface area contributed by atoms with Gasteiger partial charge in [0.1, 0.15) is 5.82 Å². The molecule has 106 valence electrons. The average Bonchev–Trinajstić information content (AvgIpc) is 2.28. The van der Waals surface area contributed by atoms with Crippen LogP contribution in [0, 0.1) is 12.7 Å². The zero-order valence-corrected chi connectivity index (χ0v) is 12.4. The second-order valence-corrected chi connectivity index (χ2v) is 5.65. The minimum Gasteiger partial charge on any atom is -0.326 e. The van der Waals surface area contributed by atoms with Gasteiger partial charge in [0.15, 0.2) is 0 Å². The standard InChI is InChI=1S/C13H17FN2OS.ClH/c1-9-4-10(14)6-11(5-9)16-13(17)7-12-8-18-3-2-15-12;/h4-6,12,15H,2-3,7-8H2,1H3,(H,16,17);1H. The van der Waals surface area contributed by atoms with Gasteiger partial charge in [-0.2, -0.15) is 11.8 Å². The molecule has 1 amide bonds. The number of rotatable bonds is 3. The van der Waals surface area contributed by atoms with Crippen molar-refractivity contribution in [2.24, 2.45) is 0 Å². The van der Waals surface area contributed by atoms with Crippen LogP contribution in [-0.2, 0) is 4.79 Å². The maximum absolute atomic E-state index is 13.2. The molecule has 1 aliphatic rings. The number of nitrogens with one attached hydrogen (secondary N) is 2. The third-order valence-electron chi connectivity index (χ3n) is 2.76. The normalized spacial score (nSPS) is 18.5. The van der Waals surface area contributed by atoms with E-state index in [0.29, 0.717) is 12.1 Å². The molecule has 6 heteroatoms. The van der Waals surface area contributed by atoms with Gasteiger partial charge in [-0.3, -0.25) is 4.79 Å². The number of hydrogen-bond acceptors (Lipinski definition) is 3. The van der Waals surface area contributed by atoms with E-state index < -0.39 is 0 Å². The maximum Gasteiger partial charge on any atom is 0.225 e. The Balaban J connectivity index is 0.00000180. The van der Waals surface area contributed by atoms with Crippen LogP contribution in [0.4, 0.5) is 10.1 Å². The number of halogens is 2. The quantitative estimate of drug-likeness (QED) is 0.902. The fourth-order valence-corrected chi connectivity index (χ4v) is 2.94. The van der Waals surface area contributed by atoms with Gasteiger partial charge in [0, 0.05) is 36.2 Å². The van der Waals surface area contributed by atoms with E-state index in [-0.39, 0.29) is 30.2 Å². The van der Waals surface area contributed by atoms with E-state index in [1.807, 2.05) is 11.8 Å². The third kappa shape index (κ3) is 5.38. The summed E-state index contributed by atoms with van der Waals surface area (Å²) in [5.74, 6) is 1.66. The highest BCUT2D eigenvalue weighted by atomic mass is 35.5. The number of aryl methyl sites for hydroxylation is 1. The summed E-state index contributed by atoms with van der Waals surface area (Å²) >= 11 is 1.85. The highest BCUT2D eigenvalue weighted by molar-refractivity contribution is 7.99. The molecule has 0 spiro atoms. The minimum atomic E-state index is -0.323. The summed E-state index contributed by atoms with van der Waals surface area (Å²) in [6.07, 6.45) is 0.433. The van der Waals surface area contributed by atoms with Gasteiger partial charge in [0.05, 0.1) is 0 Å². The van der Waals surface area contributed by atoms with Gasteiger partial charge in [-0.15, -0.1) is 12.4 Å². The molecule has 1 aromatic carbocycles. The van der Waals surface area contributed by atoms with Crippen molar-refractivity contribution in [2.75, 3.05) is 23.4 Å². The van der Waals surface area contributed by atoms with Crippen LogP contribution in [0.1, 0.15) is 12.0 Å². The summed E-state index contributed by atoms with van der Waals surface area (Å²) in [5.41, 5.74) is 1.33.